The summed E-state index contributed by atoms with van der Waals surface area (Å²) in [7, 11) is 0. The first-order valence-electron chi connectivity index (χ1n) is 6.59. The van der Waals surface area contributed by atoms with Gasteiger partial charge in [0.1, 0.15) is 5.75 Å². The molecule has 0 radical (unpaired) electrons. The van der Waals surface area contributed by atoms with E-state index < -0.39 is 0 Å². The minimum Gasteiger partial charge on any atom is -0.508 e. The van der Waals surface area contributed by atoms with Crippen molar-refractivity contribution < 1.29 is 9.90 Å². The Hall–Kier alpha value is -2.49. The maximum absolute atomic E-state index is 12.5. The number of benzene rings is 2. The van der Waals surface area contributed by atoms with Crippen molar-refractivity contribution in [3.63, 3.8) is 0 Å². The Balaban J connectivity index is 1.83. The van der Waals surface area contributed by atoms with Crippen LogP contribution in [-0.2, 0) is 13.0 Å². The van der Waals surface area contributed by atoms with Crippen LogP contribution in [0, 0.1) is 0 Å². The Bertz CT molecular complexity index is 650. The van der Waals surface area contributed by atoms with Crippen molar-refractivity contribution in [2.45, 2.75) is 13.0 Å². The van der Waals surface area contributed by atoms with Gasteiger partial charge in [-0.05, 0) is 41.8 Å². The second-order valence-electron chi connectivity index (χ2n) is 5.06. The summed E-state index contributed by atoms with van der Waals surface area (Å²) in [4.78, 5) is 14.3. The molecule has 0 unspecified atom stereocenters. The number of phenolic OH excluding ortho intramolecular Hbond substituents is 1. The Morgan fingerprint density at radius 1 is 1.15 bits per heavy atom. The van der Waals surface area contributed by atoms with E-state index in [0.29, 0.717) is 24.3 Å². The number of phenols is 1. The third kappa shape index (κ3) is 2.32. The Morgan fingerprint density at radius 3 is 2.65 bits per heavy atom. The van der Waals surface area contributed by atoms with Gasteiger partial charge in [-0.1, -0.05) is 18.2 Å². The zero-order valence-electron chi connectivity index (χ0n) is 11.0. The van der Waals surface area contributed by atoms with E-state index in [9.17, 15) is 9.90 Å². The normalized spacial score (nSPS) is 14.2. The summed E-state index contributed by atoms with van der Waals surface area (Å²) in [5.74, 6) is 0.253. The first kappa shape index (κ1) is 12.5. The molecule has 4 nitrogen and oxygen atoms in total. The van der Waals surface area contributed by atoms with E-state index in [1.807, 2.05) is 29.2 Å². The fourth-order valence-electron chi connectivity index (χ4n) is 2.51. The third-order valence-electron chi connectivity index (χ3n) is 3.61. The minimum atomic E-state index is 0.0200. The minimum absolute atomic E-state index is 0.0200. The third-order valence-corrected chi connectivity index (χ3v) is 3.61. The molecule has 3 N–H and O–H groups in total. The van der Waals surface area contributed by atoms with Gasteiger partial charge in [-0.25, -0.2) is 0 Å². The maximum Gasteiger partial charge on any atom is 0.254 e. The summed E-state index contributed by atoms with van der Waals surface area (Å²) in [6, 6.07) is 12.4. The second kappa shape index (κ2) is 4.89. The number of fused-ring (bicyclic) bond motifs is 1. The molecule has 0 atom stereocenters. The summed E-state index contributed by atoms with van der Waals surface area (Å²) in [6.45, 7) is 1.25. The van der Waals surface area contributed by atoms with Crippen LogP contribution in [0.25, 0.3) is 0 Å². The standard InChI is InChI=1S/C16H16N2O2/c17-13-4-3-12-7-8-18(16(20)15(12)9-13)10-11-1-5-14(19)6-2-11/h1-6,9,19H,7-8,10,17H2. The fraction of sp³-hybridized carbons (Fsp3) is 0.188. The van der Waals surface area contributed by atoms with Crippen LogP contribution in [0.1, 0.15) is 21.5 Å². The molecule has 0 aromatic heterocycles. The SMILES string of the molecule is Nc1ccc2c(c1)C(=O)N(Cc1ccc(O)cc1)CC2. The molecule has 4 heteroatoms. The molecule has 0 saturated carbocycles. The number of hydrogen-bond acceptors (Lipinski definition) is 3. The molecule has 0 bridgehead atoms. The molecule has 20 heavy (non-hydrogen) atoms. The van der Waals surface area contributed by atoms with Gasteiger partial charge in [-0.3, -0.25) is 4.79 Å². The summed E-state index contributed by atoms with van der Waals surface area (Å²) in [6.07, 6.45) is 0.847. The first-order valence-corrected chi connectivity index (χ1v) is 6.59. The van der Waals surface area contributed by atoms with Gasteiger partial charge in [-0.2, -0.15) is 0 Å². The molecule has 1 heterocycles. The molecule has 2 aromatic carbocycles. The Labute approximate surface area is 117 Å². The number of carbonyl (C=O) groups excluding carboxylic acids is 1. The van der Waals surface area contributed by atoms with Crippen molar-refractivity contribution in [1.29, 1.82) is 0 Å². The van der Waals surface area contributed by atoms with E-state index in [1.165, 1.54) is 0 Å². The van der Waals surface area contributed by atoms with E-state index in [0.717, 1.165) is 17.5 Å². The van der Waals surface area contributed by atoms with Crippen molar-refractivity contribution in [3.05, 3.63) is 59.2 Å². The van der Waals surface area contributed by atoms with Crippen LogP contribution in [0.3, 0.4) is 0 Å². The summed E-state index contributed by atoms with van der Waals surface area (Å²) in [5.41, 5.74) is 9.14. The van der Waals surface area contributed by atoms with Crippen LogP contribution in [0.4, 0.5) is 5.69 Å². The van der Waals surface area contributed by atoms with Gasteiger partial charge in [0.2, 0.25) is 0 Å². The van der Waals surface area contributed by atoms with Gasteiger partial charge in [-0.15, -0.1) is 0 Å². The van der Waals surface area contributed by atoms with Crippen LogP contribution in [-0.4, -0.2) is 22.5 Å². The molecule has 1 aliphatic rings. The predicted octanol–water partition coefficient (Wildman–Crippen LogP) is 2.17. The number of hydrogen-bond donors (Lipinski definition) is 2. The molecule has 1 aliphatic heterocycles. The van der Waals surface area contributed by atoms with E-state index >= 15 is 0 Å². The highest BCUT2D eigenvalue weighted by atomic mass is 16.3. The molecule has 3 rings (SSSR count). The van der Waals surface area contributed by atoms with Crippen LogP contribution < -0.4 is 5.73 Å². The van der Waals surface area contributed by atoms with E-state index in [2.05, 4.69) is 0 Å². The number of rotatable bonds is 2. The van der Waals surface area contributed by atoms with Crippen molar-refractivity contribution in [2.75, 3.05) is 12.3 Å². The van der Waals surface area contributed by atoms with Crippen molar-refractivity contribution in [3.8, 4) is 5.75 Å². The summed E-state index contributed by atoms with van der Waals surface area (Å²) in [5, 5.41) is 9.28. The number of amides is 1. The lowest BCUT2D eigenvalue weighted by Crippen LogP contribution is -2.37. The first-order chi connectivity index (χ1) is 9.63. The summed E-state index contributed by atoms with van der Waals surface area (Å²) < 4.78 is 0. The fourth-order valence-corrected chi connectivity index (χ4v) is 2.51. The zero-order chi connectivity index (χ0) is 14.1. The zero-order valence-corrected chi connectivity index (χ0v) is 11.0. The van der Waals surface area contributed by atoms with Gasteiger partial charge in [0.05, 0.1) is 0 Å². The average molecular weight is 268 g/mol. The maximum atomic E-state index is 12.5. The number of nitrogens with zero attached hydrogens (tertiary/aromatic N) is 1. The van der Waals surface area contributed by atoms with Crippen LogP contribution in [0.5, 0.6) is 5.75 Å². The monoisotopic (exact) mass is 268 g/mol. The molecule has 102 valence electrons. The average Bonchev–Trinajstić information content (AvgIpc) is 2.45. The van der Waals surface area contributed by atoms with Crippen molar-refractivity contribution >= 4 is 11.6 Å². The Morgan fingerprint density at radius 2 is 1.90 bits per heavy atom. The lowest BCUT2D eigenvalue weighted by Gasteiger charge is -2.28. The van der Waals surface area contributed by atoms with Crippen LogP contribution in [0.15, 0.2) is 42.5 Å². The number of anilines is 1. The quantitative estimate of drug-likeness (QED) is 0.820. The van der Waals surface area contributed by atoms with E-state index in [-0.39, 0.29) is 11.7 Å². The van der Waals surface area contributed by atoms with Crippen LogP contribution >= 0.6 is 0 Å². The lowest BCUT2D eigenvalue weighted by atomic mass is 9.98. The molecule has 2 aromatic rings. The van der Waals surface area contributed by atoms with E-state index in [1.54, 1.807) is 18.2 Å². The highest BCUT2D eigenvalue weighted by molar-refractivity contribution is 5.97. The molecule has 0 aliphatic carbocycles. The number of carbonyl (C=O) groups is 1. The molecular formula is C16H16N2O2. The largest absolute Gasteiger partial charge is 0.508 e. The van der Waals surface area contributed by atoms with Gasteiger partial charge < -0.3 is 15.7 Å². The van der Waals surface area contributed by atoms with Crippen molar-refractivity contribution in [1.82, 2.24) is 4.90 Å². The highest BCUT2D eigenvalue weighted by Crippen LogP contribution is 2.23. The summed E-state index contributed by atoms with van der Waals surface area (Å²) >= 11 is 0. The van der Waals surface area contributed by atoms with Gasteiger partial charge in [0.15, 0.2) is 0 Å². The number of aromatic hydroxyl groups is 1. The van der Waals surface area contributed by atoms with Crippen LogP contribution in [0.2, 0.25) is 0 Å². The topological polar surface area (TPSA) is 66.6 Å². The van der Waals surface area contributed by atoms with E-state index in [4.69, 9.17) is 5.73 Å². The van der Waals surface area contributed by atoms with Crippen molar-refractivity contribution in [2.24, 2.45) is 0 Å². The van der Waals surface area contributed by atoms with Gasteiger partial charge >= 0.3 is 0 Å². The predicted molar refractivity (Wildman–Crippen MR) is 77.4 cm³/mol. The lowest BCUT2D eigenvalue weighted by molar-refractivity contribution is 0.0727. The Kier molecular flexibility index (Phi) is 3.06. The van der Waals surface area contributed by atoms with Gasteiger partial charge in [0, 0.05) is 24.3 Å². The molecule has 0 spiro atoms. The molecule has 0 saturated heterocycles. The molecule has 1 amide bonds. The molecular weight excluding hydrogens is 252 g/mol. The second-order valence-corrected chi connectivity index (χ2v) is 5.06. The number of nitrogens with two attached hydrogens (primary N) is 1. The molecule has 0 fully saturated rings. The van der Waals surface area contributed by atoms with Gasteiger partial charge in [0.25, 0.3) is 5.91 Å². The number of nitrogen functional groups attached to an aromatic ring is 1. The highest BCUT2D eigenvalue weighted by Gasteiger charge is 2.24. The smallest absolute Gasteiger partial charge is 0.254 e.